The molecule has 1 fully saturated rings. The van der Waals surface area contributed by atoms with Gasteiger partial charge in [-0.1, -0.05) is 21.1 Å². The summed E-state index contributed by atoms with van der Waals surface area (Å²) in [6.45, 7) is 2.05. The Kier molecular flexibility index (Phi) is 4.00. The number of rotatable bonds is 2. The number of piperidine rings is 1. The largest absolute Gasteiger partial charge is 0.334 e. The van der Waals surface area contributed by atoms with E-state index in [0.29, 0.717) is 11.8 Å². The smallest absolute Gasteiger partial charge is 0.259 e. The summed E-state index contributed by atoms with van der Waals surface area (Å²) in [7, 11) is 0. The first kappa shape index (κ1) is 13.3. The van der Waals surface area contributed by atoms with Crippen LogP contribution in [0, 0.1) is 0 Å². The van der Waals surface area contributed by atoms with Crippen molar-refractivity contribution in [2.24, 2.45) is 0 Å². The van der Waals surface area contributed by atoms with Gasteiger partial charge in [0.2, 0.25) is 0 Å². The molecule has 1 saturated heterocycles. The average Bonchev–Trinajstić information content (AvgIpc) is 2.92. The quantitative estimate of drug-likeness (QED) is 0.854. The Morgan fingerprint density at radius 1 is 1.21 bits per heavy atom. The molecule has 19 heavy (non-hydrogen) atoms. The lowest BCUT2D eigenvalue weighted by atomic mass is 9.98. The van der Waals surface area contributed by atoms with E-state index in [1.54, 1.807) is 0 Å². The van der Waals surface area contributed by atoms with Crippen molar-refractivity contribution in [3.63, 3.8) is 0 Å². The first-order valence-corrected chi connectivity index (χ1v) is 7.82. The molecule has 1 aliphatic rings. The summed E-state index contributed by atoms with van der Waals surface area (Å²) < 4.78 is 7.36. The molecule has 3 rings (SSSR count). The van der Waals surface area contributed by atoms with E-state index in [1.807, 2.05) is 18.2 Å². The standard InChI is InChI=1S/C13H13Br2N3O/c14-9-1-2-11(15)10(7-9)13-17-12(18-19-13)8-3-5-16-6-4-8/h1-2,7-8,16H,3-6H2. The summed E-state index contributed by atoms with van der Waals surface area (Å²) in [5.41, 5.74) is 0.919. The van der Waals surface area contributed by atoms with Crippen LogP contribution in [0.3, 0.4) is 0 Å². The summed E-state index contributed by atoms with van der Waals surface area (Å²) >= 11 is 6.97. The van der Waals surface area contributed by atoms with E-state index < -0.39 is 0 Å². The molecular weight excluding hydrogens is 374 g/mol. The van der Waals surface area contributed by atoms with Crippen LogP contribution in [-0.4, -0.2) is 23.2 Å². The van der Waals surface area contributed by atoms with Crippen molar-refractivity contribution in [1.82, 2.24) is 15.5 Å². The minimum absolute atomic E-state index is 0.407. The number of hydrogen-bond donors (Lipinski definition) is 1. The van der Waals surface area contributed by atoms with E-state index in [-0.39, 0.29) is 0 Å². The van der Waals surface area contributed by atoms with Crippen LogP contribution in [0.15, 0.2) is 31.7 Å². The average molecular weight is 387 g/mol. The van der Waals surface area contributed by atoms with Crippen molar-refractivity contribution in [2.75, 3.05) is 13.1 Å². The maximum absolute atomic E-state index is 5.41. The second-order valence-corrected chi connectivity index (χ2v) is 6.38. The Morgan fingerprint density at radius 2 is 2.00 bits per heavy atom. The van der Waals surface area contributed by atoms with E-state index in [9.17, 15) is 0 Å². The first-order valence-electron chi connectivity index (χ1n) is 6.24. The van der Waals surface area contributed by atoms with Crippen LogP contribution >= 0.6 is 31.9 Å². The third kappa shape index (κ3) is 2.90. The van der Waals surface area contributed by atoms with Gasteiger partial charge in [0.15, 0.2) is 5.82 Å². The lowest BCUT2D eigenvalue weighted by Crippen LogP contribution is -2.27. The van der Waals surface area contributed by atoms with Gasteiger partial charge in [0.25, 0.3) is 5.89 Å². The highest BCUT2D eigenvalue weighted by Gasteiger charge is 2.21. The second kappa shape index (κ2) is 5.73. The van der Waals surface area contributed by atoms with Crippen molar-refractivity contribution in [3.05, 3.63) is 33.0 Å². The van der Waals surface area contributed by atoms with Crippen LogP contribution in [0.1, 0.15) is 24.6 Å². The van der Waals surface area contributed by atoms with Gasteiger partial charge >= 0.3 is 0 Å². The summed E-state index contributed by atoms with van der Waals surface area (Å²) in [5, 5.41) is 7.48. The van der Waals surface area contributed by atoms with Gasteiger partial charge in [-0.3, -0.25) is 0 Å². The molecule has 0 saturated carbocycles. The highest BCUT2D eigenvalue weighted by molar-refractivity contribution is 9.11. The molecule has 1 aliphatic heterocycles. The molecule has 1 aromatic carbocycles. The fourth-order valence-corrected chi connectivity index (χ4v) is 3.03. The molecular formula is C13H13Br2N3O. The van der Waals surface area contributed by atoms with Crippen LogP contribution in [-0.2, 0) is 0 Å². The van der Waals surface area contributed by atoms with Crippen LogP contribution < -0.4 is 5.32 Å². The van der Waals surface area contributed by atoms with Gasteiger partial charge in [0.05, 0.1) is 5.56 Å². The maximum atomic E-state index is 5.41. The second-order valence-electron chi connectivity index (χ2n) is 4.61. The van der Waals surface area contributed by atoms with E-state index >= 15 is 0 Å². The minimum atomic E-state index is 0.407. The molecule has 0 unspecified atom stereocenters. The minimum Gasteiger partial charge on any atom is -0.334 e. The van der Waals surface area contributed by atoms with Crippen molar-refractivity contribution in [3.8, 4) is 11.5 Å². The maximum Gasteiger partial charge on any atom is 0.259 e. The van der Waals surface area contributed by atoms with E-state index in [0.717, 1.165) is 46.3 Å². The highest BCUT2D eigenvalue weighted by atomic mass is 79.9. The van der Waals surface area contributed by atoms with Gasteiger partial charge in [0.1, 0.15) is 0 Å². The van der Waals surface area contributed by atoms with Gasteiger partial charge in [-0.2, -0.15) is 4.98 Å². The molecule has 0 spiro atoms. The van der Waals surface area contributed by atoms with Gasteiger partial charge in [0, 0.05) is 14.9 Å². The number of aromatic nitrogens is 2. The molecule has 100 valence electrons. The molecule has 1 aromatic heterocycles. The monoisotopic (exact) mass is 385 g/mol. The van der Waals surface area contributed by atoms with Crippen LogP contribution in [0.4, 0.5) is 0 Å². The summed E-state index contributed by atoms with van der Waals surface area (Å²) in [6.07, 6.45) is 2.14. The van der Waals surface area contributed by atoms with Crippen LogP contribution in [0.5, 0.6) is 0 Å². The number of halogens is 2. The number of nitrogens with one attached hydrogen (secondary N) is 1. The topological polar surface area (TPSA) is 51.0 Å². The Balaban J connectivity index is 1.89. The molecule has 0 atom stereocenters. The molecule has 0 radical (unpaired) electrons. The van der Waals surface area contributed by atoms with Crippen LogP contribution in [0.2, 0.25) is 0 Å². The number of benzene rings is 1. The zero-order valence-corrected chi connectivity index (χ0v) is 13.4. The molecule has 6 heteroatoms. The van der Waals surface area contributed by atoms with E-state index in [2.05, 4.69) is 47.3 Å². The first-order chi connectivity index (χ1) is 9.24. The Hall–Kier alpha value is -0.720. The molecule has 2 heterocycles. The molecule has 0 bridgehead atoms. The number of hydrogen-bond acceptors (Lipinski definition) is 4. The normalized spacial score (nSPS) is 16.7. The predicted octanol–water partition coefficient (Wildman–Crippen LogP) is 3.73. The fraction of sp³-hybridized carbons (Fsp3) is 0.385. The highest BCUT2D eigenvalue weighted by Crippen LogP contribution is 2.31. The van der Waals surface area contributed by atoms with Crippen molar-refractivity contribution in [1.29, 1.82) is 0 Å². The molecule has 0 amide bonds. The summed E-state index contributed by atoms with van der Waals surface area (Å²) in [6, 6.07) is 5.91. The van der Waals surface area contributed by atoms with Crippen LogP contribution in [0.25, 0.3) is 11.5 Å². The zero-order chi connectivity index (χ0) is 13.2. The molecule has 1 N–H and O–H groups in total. The fourth-order valence-electron chi connectivity index (χ4n) is 2.25. The van der Waals surface area contributed by atoms with Gasteiger partial charge in [-0.15, -0.1) is 0 Å². The SMILES string of the molecule is Brc1ccc(Br)c(-c2nc(C3CCNCC3)no2)c1. The van der Waals surface area contributed by atoms with Gasteiger partial charge < -0.3 is 9.84 Å². The van der Waals surface area contributed by atoms with Gasteiger partial charge in [-0.25, -0.2) is 0 Å². The summed E-state index contributed by atoms with van der Waals surface area (Å²) in [5.74, 6) is 1.80. The third-order valence-electron chi connectivity index (χ3n) is 3.30. The third-order valence-corrected chi connectivity index (χ3v) is 4.49. The van der Waals surface area contributed by atoms with Crippen molar-refractivity contribution < 1.29 is 4.52 Å². The van der Waals surface area contributed by atoms with Crippen molar-refractivity contribution in [2.45, 2.75) is 18.8 Å². The van der Waals surface area contributed by atoms with E-state index in [4.69, 9.17) is 4.52 Å². The summed E-state index contributed by atoms with van der Waals surface area (Å²) in [4.78, 5) is 4.55. The van der Waals surface area contributed by atoms with E-state index in [1.165, 1.54) is 0 Å². The lowest BCUT2D eigenvalue weighted by molar-refractivity contribution is 0.392. The molecule has 0 aliphatic carbocycles. The Labute approximate surface area is 128 Å². The predicted molar refractivity (Wildman–Crippen MR) is 80.0 cm³/mol. The van der Waals surface area contributed by atoms with Gasteiger partial charge in [-0.05, 0) is 60.1 Å². The Bertz CT molecular complexity index is 579. The zero-order valence-electron chi connectivity index (χ0n) is 10.2. The molecule has 2 aromatic rings. The number of nitrogens with zero attached hydrogens (tertiary/aromatic N) is 2. The Morgan fingerprint density at radius 3 is 2.79 bits per heavy atom. The lowest BCUT2D eigenvalue weighted by Gasteiger charge is -2.18. The van der Waals surface area contributed by atoms with Crippen molar-refractivity contribution >= 4 is 31.9 Å². The molecule has 4 nitrogen and oxygen atoms in total.